The van der Waals surface area contributed by atoms with Crippen molar-refractivity contribution < 1.29 is 13.2 Å². The van der Waals surface area contributed by atoms with E-state index in [0.717, 1.165) is 11.1 Å². The predicted molar refractivity (Wildman–Crippen MR) is 90.6 cm³/mol. The third-order valence-corrected chi connectivity index (χ3v) is 4.87. The van der Waals surface area contributed by atoms with Gasteiger partial charge in [0.2, 0.25) is 15.9 Å². The summed E-state index contributed by atoms with van der Waals surface area (Å²) in [5, 5.41) is 2.71. The molecule has 0 aliphatic carbocycles. The number of hydrogen-bond donors (Lipinski definition) is 2. The largest absolute Gasteiger partial charge is 0.354 e. The highest BCUT2D eigenvalue weighted by atomic mass is 32.2. The molecule has 1 amide bonds. The van der Waals surface area contributed by atoms with Crippen LogP contribution < -0.4 is 10.0 Å². The van der Waals surface area contributed by atoms with Gasteiger partial charge in [-0.3, -0.25) is 4.79 Å². The third kappa shape index (κ3) is 4.91. The Bertz CT molecular complexity index is 691. The Hall–Kier alpha value is -2.18. The second-order valence-electron chi connectivity index (χ2n) is 5.07. The number of amides is 1. The van der Waals surface area contributed by atoms with Gasteiger partial charge in [0, 0.05) is 6.54 Å². The summed E-state index contributed by atoms with van der Waals surface area (Å²) >= 11 is 0. The Morgan fingerprint density at radius 2 is 1.43 bits per heavy atom. The summed E-state index contributed by atoms with van der Waals surface area (Å²) in [6, 6.07) is 18.9. The van der Waals surface area contributed by atoms with Gasteiger partial charge in [-0.25, -0.2) is 13.1 Å². The van der Waals surface area contributed by atoms with Crippen LogP contribution in [0.5, 0.6) is 0 Å². The van der Waals surface area contributed by atoms with Crippen LogP contribution in [-0.2, 0) is 14.8 Å². The number of nitrogens with one attached hydrogen (secondary N) is 2. The van der Waals surface area contributed by atoms with Gasteiger partial charge in [-0.15, -0.1) is 0 Å². The van der Waals surface area contributed by atoms with E-state index >= 15 is 0 Å². The zero-order chi connectivity index (χ0) is 16.7. The van der Waals surface area contributed by atoms with Gasteiger partial charge < -0.3 is 5.32 Å². The Labute approximate surface area is 136 Å². The molecule has 0 aliphatic heterocycles. The van der Waals surface area contributed by atoms with Crippen molar-refractivity contribution in [2.75, 3.05) is 19.3 Å². The zero-order valence-electron chi connectivity index (χ0n) is 12.9. The van der Waals surface area contributed by atoms with Crippen LogP contribution in [0.15, 0.2) is 60.7 Å². The minimum absolute atomic E-state index is 0.0676. The van der Waals surface area contributed by atoms with Crippen LogP contribution in [0, 0.1) is 0 Å². The molecule has 2 N–H and O–H groups in total. The van der Waals surface area contributed by atoms with E-state index in [1.165, 1.54) is 7.05 Å². The maximum absolute atomic E-state index is 12.6. The number of hydrogen-bond acceptors (Lipinski definition) is 3. The zero-order valence-corrected chi connectivity index (χ0v) is 13.7. The first-order valence-electron chi connectivity index (χ1n) is 7.32. The summed E-state index contributed by atoms with van der Waals surface area (Å²) in [6.07, 6.45) is 0. The van der Waals surface area contributed by atoms with E-state index in [0.29, 0.717) is 0 Å². The molecule has 2 aromatic rings. The lowest BCUT2D eigenvalue weighted by molar-refractivity contribution is -0.121. The van der Waals surface area contributed by atoms with Gasteiger partial charge in [0.25, 0.3) is 0 Å². The quantitative estimate of drug-likeness (QED) is 0.806. The van der Waals surface area contributed by atoms with Crippen LogP contribution >= 0.6 is 0 Å². The molecule has 0 aliphatic rings. The lowest BCUT2D eigenvalue weighted by Gasteiger charge is -2.18. The molecule has 6 heteroatoms. The first kappa shape index (κ1) is 17.2. The Morgan fingerprint density at radius 3 is 1.87 bits per heavy atom. The molecule has 2 rings (SSSR count). The van der Waals surface area contributed by atoms with Crippen LogP contribution in [0.2, 0.25) is 0 Å². The first-order valence-corrected chi connectivity index (χ1v) is 8.97. The maximum Gasteiger partial charge on any atom is 0.232 e. The predicted octanol–water partition coefficient (Wildman–Crippen LogP) is 1.48. The molecule has 0 heterocycles. The minimum atomic E-state index is -3.33. The molecule has 0 atom stereocenters. The average Bonchev–Trinajstić information content (AvgIpc) is 2.57. The molecule has 0 fully saturated rings. The van der Waals surface area contributed by atoms with Crippen LogP contribution in [0.1, 0.15) is 17.0 Å². The maximum atomic E-state index is 12.6. The molecule has 23 heavy (non-hydrogen) atoms. The van der Waals surface area contributed by atoms with E-state index in [-0.39, 0.29) is 18.2 Å². The van der Waals surface area contributed by atoms with Gasteiger partial charge in [0.05, 0.1) is 11.7 Å². The smallest absolute Gasteiger partial charge is 0.232 e. The third-order valence-electron chi connectivity index (χ3n) is 3.51. The molecular formula is C17H20N2O3S. The summed E-state index contributed by atoms with van der Waals surface area (Å²) in [4.78, 5) is 12.6. The Balaban J connectivity index is 2.16. The number of sulfonamides is 1. The number of rotatable bonds is 7. The monoisotopic (exact) mass is 332 g/mol. The average molecular weight is 332 g/mol. The summed E-state index contributed by atoms with van der Waals surface area (Å²) in [5.74, 6) is -0.825. The Morgan fingerprint density at radius 1 is 0.957 bits per heavy atom. The van der Waals surface area contributed by atoms with Gasteiger partial charge in [0.1, 0.15) is 0 Å². The van der Waals surface area contributed by atoms with E-state index in [4.69, 9.17) is 0 Å². The highest BCUT2D eigenvalue weighted by Crippen LogP contribution is 2.24. The van der Waals surface area contributed by atoms with Crippen molar-refractivity contribution in [1.82, 2.24) is 10.0 Å². The lowest BCUT2D eigenvalue weighted by Crippen LogP contribution is -2.36. The molecule has 0 saturated heterocycles. The topological polar surface area (TPSA) is 75.3 Å². The molecule has 0 radical (unpaired) electrons. The van der Waals surface area contributed by atoms with Gasteiger partial charge in [-0.1, -0.05) is 60.7 Å². The van der Waals surface area contributed by atoms with Crippen molar-refractivity contribution in [3.63, 3.8) is 0 Å². The molecule has 0 unspecified atom stereocenters. The summed E-state index contributed by atoms with van der Waals surface area (Å²) < 4.78 is 25.1. The fourth-order valence-corrected chi connectivity index (χ4v) is 2.87. The highest BCUT2D eigenvalue weighted by Gasteiger charge is 2.22. The molecule has 0 bridgehead atoms. The first-order chi connectivity index (χ1) is 11.0. The minimum Gasteiger partial charge on any atom is -0.354 e. The standard InChI is InChI=1S/C17H20N2O3S/c1-18-23(21,22)13-12-19-17(20)16(14-8-4-2-5-9-14)15-10-6-3-7-11-15/h2-11,16,18H,12-13H2,1H3,(H,19,20). The van der Waals surface area contributed by atoms with Crippen molar-refractivity contribution in [3.8, 4) is 0 Å². The number of carbonyl (C=O) groups excluding carboxylic acids is 1. The van der Waals surface area contributed by atoms with E-state index in [1.54, 1.807) is 0 Å². The fourth-order valence-electron chi connectivity index (χ4n) is 2.30. The van der Waals surface area contributed by atoms with Gasteiger partial charge >= 0.3 is 0 Å². The summed E-state index contributed by atoms with van der Waals surface area (Å²) in [6.45, 7) is 0.0676. The normalized spacial score (nSPS) is 11.4. The summed E-state index contributed by atoms with van der Waals surface area (Å²) in [7, 11) is -1.98. The van der Waals surface area contributed by atoms with Gasteiger partial charge in [-0.2, -0.15) is 0 Å². The van der Waals surface area contributed by atoms with Crippen molar-refractivity contribution in [2.45, 2.75) is 5.92 Å². The Kier molecular flexibility index (Phi) is 5.90. The highest BCUT2D eigenvalue weighted by molar-refractivity contribution is 7.89. The van der Waals surface area contributed by atoms with E-state index in [1.807, 2.05) is 60.7 Å². The second-order valence-corrected chi connectivity index (χ2v) is 7.11. The molecule has 2 aromatic carbocycles. The van der Waals surface area contributed by atoms with Crippen LogP contribution in [0.25, 0.3) is 0 Å². The van der Waals surface area contributed by atoms with Gasteiger partial charge in [0.15, 0.2) is 0 Å². The molecule has 122 valence electrons. The van der Waals surface area contributed by atoms with Gasteiger partial charge in [-0.05, 0) is 18.2 Å². The van der Waals surface area contributed by atoms with Crippen molar-refractivity contribution in [1.29, 1.82) is 0 Å². The van der Waals surface area contributed by atoms with E-state index in [2.05, 4.69) is 10.0 Å². The number of benzene rings is 2. The molecule has 5 nitrogen and oxygen atoms in total. The van der Waals surface area contributed by atoms with Crippen molar-refractivity contribution in [3.05, 3.63) is 71.8 Å². The molecule has 0 spiro atoms. The second kappa shape index (κ2) is 7.89. The fraction of sp³-hybridized carbons (Fsp3) is 0.235. The van der Waals surface area contributed by atoms with E-state index < -0.39 is 15.9 Å². The number of carbonyl (C=O) groups is 1. The van der Waals surface area contributed by atoms with Crippen LogP contribution in [0.4, 0.5) is 0 Å². The van der Waals surface area contributed by atoms with Crippen molar-refractivity contribution in [2.24, 2.45) is 0 Å². The van der Waals surface area contributed by atoms with Crippen molar-refractivity contribution >= 4 is 15.9 Å². The molecule has 0 aromatic heterocycles. The van der Waals surface area contributed by atoms with E-state index in [9.17, 15) is 13.2 Å². The van der Waals surface area contributed by atoms with Crippen LogP contribution in [0.3, 0.4) is 0 Å². The lowest BCUT2D eigenvalue weighted by atomic mass is 9.90. The molecular weight excluding hydrogens is 312 g/mol. The van der Waals surface area contributed by atoms with Crippen LogP contribution in [-0.4, -0.2) is 33.7 Å². The summed E-state index contributed by atoms with van der Waals surface area (Å²) in [5.41, 5.74) is 1.74. The SMILES string of the molecule is CNS(=O)(=O)CCNC(=O)C(c1ccccc1)c1ccccc1. The molecule has 0 saturated carbocycles.